The van der Waals surface area contributed by atoms with Gasteiger partial charge in [-0.25, -0.2) is 0 Å². The van der Waals surface area contributed by atoms with Crippen LogP contribution in [0.5, 0.6) is 0 Å². The summed E-state index contributed by atoms with van der Waals surface area (Å²) in [5.74, 6) is -6.44. The summed E-state index contributed by atoms with van der Waals surface area (Å²) < 4.78 is 90.1. The predicted molar refractivity (Wildman–Crippen MR) is 20.2 cm³/mol. The van der Waals surface area contributed by atoms with Gasteiger partial charge in [0.2, 0.25) is 0 Å². The molecule has 0 saturated heterocycles. The van der Waals surface area contributed by atoms with Gasteiger partial charge in [-0.1, -0.05) is 5.54 Å². The minimum atomic E-state index is -6.50. The molecule has 0 fully saturated rings. The molecule has 0 rings (SSSR count). The first-order valence-corrected chi connectivity index (χ1v) is 2.26. The number of halogens is 8. The molecule has 0 heterocycles. The van der Waals surface area contributed by atoms with E-state index in [4.69, 9.17) is 0 Å². The van der Waals surface area contributed by atoms with E-state index in [1.165, 1.54) is 0 Å². The van der Waals surface area contributed by atoms with Crippen molar-refractivity contribution in [1.82, 2.24) is 5.54 Å². The zero-order valence-corrected chi connectivity index (χ0v) is 5.02. The van der Waals surface area contributed by atoms with Crippen molar-refractivity contribution in [3.05, 3.63) is 0 Å². The minimum absolute atomic E-state index is 0.915. The van der Waals surface area contributed by atoms with E-state index >= 15 is 0 Å². The van der Waals surface area contributed by atoms with Crippen molar-refractivity contribution in [3.8, 4) is 0 Å². The first-order chi connectivity index (χ1) is 5.06. The summed E-state index contributed by atoms with van der Waals surface area (Å²) in [6.07, 6.45) is -6.50. The molecule has 0 aromatic heterocycles. The van der Waals surface area contributed by atoms with Gasteiger partial charge >= 0.3 is 18.1 Å². The van der Waals surface area contributed by atoms with E-state index in [0.29, 0.717) is 0 Å². The molecule has 0 saturated carbocycles. The zero-order valence-electron chi connectivity index (χ0n) is 5.02. The van der Waals surface area contributed by atoms with Crippen LogP contribution in [0.25, 0.3) is 0 Å². The second-order valence-corrected chi connectivity index (χ2v) is 1.74. The molecule has 0 amide bonds. The molecule has 0 spiro atoms. The van der Waals surface area contributed by atoms with Gasteiger partial charge in [0.25, 0.3) is 0 Å². The van der Waals surface area contributed by atoms with Gasteiger partial charge in [-0.3, -0.25) is 0 Å². The average Bonchev–Trinajstić information content (AvgIpc) is 1.85. The van der Waals surface area contributed by atoms with Crippen LogP contribution in [0.1, 0.15) is 0 Å². The Bertz CT molecular complexity index is 158. The summed E-state index contributed by atoms with van der Waals surface area (Å²) in [6.45, 7) is 0. The Kier molecular flexibility index (Phi) is 2.58. The maximum absolute atomic E-state index is 11.5. The van der Waals surface area contributed by atoms with Gasteiger partial charge in [-0.15, -0.1) is 4.48 Å². The number of nitrogens with one attached hydrogen (secondary N) is 1. The molecule has 0 aliphatic heterocycles. The smallest absolute Gasteiger partial charge is 0.187 e. The first kappa shape index (κ1) is 11.4. The van der Waals surface area contributed by atoms with Gasteiger partial charge in [0, 0.05) is 0 Å². The van der Waals surface area contributed by atoms with Crippen molar-refractivity contribution in [1.29, 1.82) is 0 Å². The molecular weight excluding hydrogens is 202 g/mol. The normalized spacial score (nSPS) is 15.0. The highest BCUT2D eigenvalue weighted by molar-refractivity contribution is 4.86. The Morgan fingerprint density at radius 2 is 1.08 bits per heavy atom. The van der Waals surface area contributed by atoms with Crippen LogP contribution in [0, 0.1) is 0 Å². The molecule has 0 bridgehead atoms. The van der Waals surface area contributed by atoms with Crippen LogP contribution in [0.4, 0.5) is 35.2 Å². The van der Waals surface area contributed by atoms with Crippen molar-refractivity contribution < 1.29 is 35.2 Å². The highest BCUT2D eigenvalue weighted by atomic mass is 19.4. The van der Waals surface area contributed by atoms with Crippen LogP contribution in [0.3, 0.4) is 0 Å². The highest BCUT2D eigenvalue weighted by Gasteiger charge is 2.73. The molecule has 12 heavy (non-hydrogen) atoms. The van der Waals surface area contributed by atoms with Crippen molar-refractivity contribution >= 4 is 0 Å². The van der Waals surface area contributed by atoms with E-state index in [1.54, 1.807) is 0 Å². The Labute approximate surface area is 60.3 Å². The molecule has 9 heteroatoms. The Hall–Kier alpha value is -0.600. The van der Waals surface area contributed by atoms with E-state index in [2.05, 4.69) is 0 Å². The molecule has 0 radical (unpaired) electrons. The van der Waals surface area contributed by atoms with Crippen LogP contribution in [0.2, 0.25) is 0 Å². The lowest BCUT2D eigenvalue weighted by Gasteiger charge is -2.25. The van der Waals surface area contributed by atoms with Crippen LogP contribution < -0.4 is 5.54 Å². The highest BCUT2D eigenvalue weighted by Crippen LogP contribution is 2.44. The molecule has 74 valence electrons. The quantitative estimate of drug-likeness (QED) is 0.412. The molecule has 0 unspecified atom stereocenters. The zero-order chi connectivity index (χ0) is 10.2. The number of rotatable bonds is 2. The van der Waals surface area contributed by atoms with Crippen LogP contribution in [-0.2, 0) is 0 Å². The summed E-state index contributed by atoms with van der Waals surface area (Å²) in [5, 5.41) is 0. The molecule has 0 aromatic carbocycles. The lowest BCUT2D eigenvalue weighted by molar-refractivity contribution is -0.370. The van der Waals surface area contributed by atoms with Gasteiger partial charge in [0.1, 0.15) is 0 Å². The molecule has 0 aliphatic carbocycles. The lowest BCUT2D eigenvalue weighted by Crippen LogP contribution is -2.57. The van der Waals surface area contributed by atoms with E-state index in [-0.39, 0.29) is 0 Å². The Morgan fingerprint density at radius 1 is 0.750 bits per heavy atom. The third-order valence-electron chi connectivity index (χ3n) is 0.869. The molecule has 1 nitrogen and oxygen atoms in total. The van der Waals surface area contributed by atoms with Crippen LogP contribution in [-0.4, -0.2) is 18.1 Å². The van der Waals surface area contributed by atoms with E-state index in [9.17, 15) is 35.2 Å². The number of hydrogen-bond donors (Lipinski definition) is 1. The summed E-state index contributed by atoms with van der Waals surface area (Å²) >= 11 is 0. The van der Waals surface area contributed by atoms with Crippen molar-refractivity contribution in [2.75, 3.05) is 0 Å². The van der Waals surface area contributed by atoms with E-state index < -0.39 is 23.7 Å². The summed E-state index contributed by atoms with van der Waals surface area (Å²) in [5.41, 5.74) is -0.915. The number of hydrogen-bond acceptors (Lipinski definition) is 1. The van der Waals surface area contributed by atoms with Gasteiger partial charge in [0.05, 0.1) is 0 Å². The molecule has 0 aliphatic rings. The standard InChI is InChI=1S/C3HF8N/c4-1(5,2(6,7)8)3(9,10)12-11/h12H. The van der Waals surface area contributed by atoms with Crippen molar-refractivity contribution in [2.24, 2.45) is 0 Å². The maximum atomic E-state index is 11.5. The lowest BCUT2D eigenvalue weighted by atomic mass is 10.3. The largest absolute Gasteiger partial charge is 0.461 e. The SMILES string of the molecule is FNC(F)(F)C(F)(F)C(F)(F)F. The predicted octanol–water partition coefficient (Wildman–Crippen LogP) is 2.25. The van der Waals surface area contributed by atoms with Gasteiger partial charge in [0.15, 0.2) is 0 Å². The second kappa shape index (κ2) is 2.71. The number of alkyl halides is 7. The fraction of sp³-hybridized carbons (Fsp3) is 1.00. The van der Waals surface area contributed by atoms with Crippen molar-refractivity contribution in [3.63, 3.8) is 0 Å². The molecule has 0 aromatic rings. The average molecular weight is 203 g/mol. The Balaban J connectivity index is 4.85. The fourth-order valence-corrected chi connectivity index (χ4v) is 0.237. The van der Waals surface area contributed by atoms with E-state index in [1.807, 2.05) is 0 Å². The topological polar surface area (TPSA) is 12.0 Å². The second-order valence-electron chi connectivity index (χ2n) is 1.74. The monoisotopic (exact) mass is 203 g/mol. The summed E-state index contributed by atoms with van der Waals surface area (Å²) in [7, 11) is 0. The molecular formula is C3HF8N. The third-order valence-corrected chi connectivity index (χ3v) is 0.869. The van der Waals surface area contributed by atoms with E-state index in [0.717, 1.165) is 0 Å². The summed E-state index contributed by atoms with van der Waals surface area (Å²) in [6, 6.07) is -5.95. The summed E-state index contributed by atoms with van der Waals surface area (Å²) in [4.78, 5) is 0. The fourth-order valence-electron chi connectivity index (χ4n) is 0.237. The minimum Gasteiger partial charge on any atom is -0.187 e. The third kappa shape index (κ3) is 1.59. The Morgan fingerprint density at radius 3 is 1.17 bits per heavy atom. The van der Waals surface area contributed by atoms with Crippen LogP contribution in [0.15, 0.2) is 0 Å². The molecule has 0 atom stereocenters. The van der Waals surface area contributed by atoms with Gasteiger partial charge in [-0.2, -0.15) is 30.7 Å². The first-order valence-electron chi connectivity index (χ1n) is 2.26. The van der Waals surface area contributed by atoms with Crippen molar-refractivity contribution in [2.45, 2.75) is 18.1 Å². The van der Waals surface area contributed by atoms with Gasteiger partial charge in [-0.05, 0) is 0 Å². The maximum Gasteiger partial charge on any atom is 0.461 e. The molecule has 1 N–H and O–H groups in total. The van der Waals surface area contributed by atoms with Gasteiger partial charge < -0.3 is 0 Å². The van der Waals surface area contributed by atoms with Crippen LogP contribution >= 0.6 is 0 Å².